The minimum absolute atomic E-state index is 0.238. The molecule has 0 rings (SSSR count). The summed E-state index contributed by atoms with van der Waals surface area (Å²) in [6, 6.07) is 0. The molecular formula is C30H37NS. The van der Waals surface area contributed by atoms with Crippen LogP contribution in [0.1, 0.15) is 27.7 Å². The number of hydrogen-bond donors (Lipinski definition) is 0. The molecule has 0 saturated carbocycles. The minimum Gasteiger partial charge on any atom is -0.255 e. The molecule has 0 aliphatic heterocycles. The van der Waals surface area contributed by atoms with Crippen molar-refractivity contribution < 1.29 is 0 Å². The third kappa shape index (κ3) is 11.9. The van der Waals surface area contributed by atoms with Crippen molar-refractivity contribution >= 4 is 17.5 Å². The van der Waals surface area contributed by atoms with Crippen LogP contribution in [0.2, 0.25) is 0 Å². The Morgan fingerprint density at radius 2 is 1.44 bits per heavy atom. The fourth-order valence-electron chi connectivity index (χ4n) is 2.45. The van der Waals surface area contributed by atoms with Gasteiger partial charge in [0.2, 0.25) is 0 Å². The van der Waals surface area contributed by atoms with E-state index in [-0.39, 0.29) is 5.92 Å². The molecular weight excluding hydrogens is 406 g/mol. The summed E-state index contributed by atoms with van der Waals surface area (Å²) in [6.07, 6.45) is 23.2. The van der Waals surface area contributed by atoms with Gasteiger partial charge in [-0.15, -0.1) is 0 Å². The Morgan fingerprint density at radius 3 is 2.00 bits per heavy atom. The lowest BCUT2D eigenvalue weighted by Gasteiger charge is -2.11. The van der Waals surface area contributed by atoms with Crippen molar-refractivity contribution in [2.75, 3.05) is 0 Å². The summed E-state index contributed by atoms with van der Waals surface area (Å²) in [7, 11) is 0. The smallest absolute Gasteiger partial charge is 0.0835 e. The summed E-state index contributed by atoms with van der Waals surface area (Å²) in [6.45, 7) is 32.4. The summed E-state index contributed by atoms with van der Waals surface area (Å²) in [5.74, 6) is 0.238. The third-order valence-corrected chi connectivity index (χ3v) is 5.03. The Labute approximate surface area is 200 Å². The standard InChI is InChI=1S/C30H37NS/c1-11-15-23(5)18-19-29(22-24(6)16-12-2)30(28(10)32-27(9)14-4)31-21-20-26(8)25(7)17-13-3/h11-22,25H,4-6,8-10H2,1-3,7H3/b15-11-,16-12-,17-13-,19-18-,21-20-,29-22+,31-30+. The molecule has 0 saturated heterocycles. The normalized spacial score (nSPS) is 14.1. The highest BCUT2D eigenvalue weighted by molar-refractivity contribution is 8.07. The largest absolute Gasteiger partial charge is 0.255 e. The quantitative estimate of drug-likeness (QED) is 0.148. The maximum absolute atomic E-state index is 4.75. The van der Waals surface area contributed by atoms with Crippen LogP contribution in [0.25, 0.3) is 0 Å². The van der Waals surface area contributed by atoms with E-state index in [1.165, 1.54) is 11.8 Å². The molecule has 0 spiro atoms. The fraction of sp³-hybridized carbons (Fsp3) is 0.167. The summed E-state index contributed by atoms with van der Waals surface area (Å²) < 4.78 is 0. The van der Waals surface area contributed by atoms with E-state index in [0.29, 0.717) is 0 Å². The van der Waals surface area contributed by atoms with Gasteiger partial charge >= 0.3 is 0 Å². The van der Waals surface area contributed by atoms with Crippen LogP contribution in [0.4, 0.5) is 0 Å². The maximum atomic E-state index is 4.75. The average molecular weight is 444 g/mol. The molecule has 0 bridgehead atoms. The first kappa shape index (κ1) is 28.9. The Bertz CT molecular complexity index is 939. The van der Waals surface area contributed by atoms with Crippen molar-refractivity contribution in [3.05, 3.63) is 145 Å². The second-order valence-electron chi connectivity index (χ2n) is 6.96. The number of allylic oxidation sites excluding steroid dienone is 16. The highest BCUT2D eigenvalue weighted by Gasteiger charge is 2.11. The summed E-state index contributed by atoms with van der Waals surface area (Å²) in [4.78, 5) is 6.31. The SMILES string of the molecule is C=CC(=C)SC(=C)C(=N\C=C/C(=C)C(C)/C=C\C)/C(/C=C\C(=C)/C=C\C)=C/C(=C)/C=C\C. The lowest BCUT2D eigenvalue weighted by atomic mass is 10.0. The van der Waals surface area contributed by atoms with E-state index in [4.69, 9.17) is 4.99 Å². The first-order valence-electron chi connectivity index (χ1n) is 10.5. The van der Waals surface area contributed by atoms with Crippen LogP contribution in [-0.2, 0) is 0 Å². The molecule has 0 aromatic heterocycles. The van der Waals surface area contributed by atoms with Crippen LogP contribution in [0.15, 0.2) is 150 Å². The molecule has 168 valence electrons. The van der Waals surface area contributed by atoms with E-state index in [1.807, 2.05) is 75.5 Å². The Morgan fingerprint density at radius 1 is 0.812 bits per heavy atom. The number of rotatable bonds is 14. The van der Waals surface area contributed by atoms with Crippen molar-refractivity contribution in [2.24, 2.45) is 10.9 Å². The number of aliphatic imine (C=N–C) groups is 1. The highest BCUT2D eigenvalue weighted by Crippen LogP contribution is 2.28. The van der Waals surface area contributed by atoms with E-state index in [9.17, 15) is 0 Å². The van der Waals surface area contributed by atoms with Crippen LogP contribution in [-0.4, -0.2) is 5.71 Å². The maximum Gasteiger partial charge on any atom is 0.0835 e. The highest BCUT2D eigenvalue weighted by atomic mass is 32.2. The van der Waals surface area contributed by atoms with Crippen LogP contribution >= 0.6 is 11.8 Å². The van der Waals surface area contributed by atoms with Gasteiger partial charge in [0.1, 0.15) is 0 Å². The van der Waals surface area contributed by atoms with Gasteiger partial charge in [-0.1, -0.05) is 113 Å². The molecule has 1 nitrogen and oxygen atoms in total. The van der Waals surface area contributed by atoms with E-state index < -0.39 is 0 Å². The molecule has 32 heavy (non-hydrogen) atoms. The van der Waals surface area contributed by atoms with E-state index in [0.717, 1.165) is 37.8 Å². The number of nitrogens with zero attached hydrogens (tertiary/aromatic N) is 1. The van der Waals surface area contributed by atoms with Crippen LogP contribution in [0.5, 0.6) is 0 Å². The monoisotopic (exact) mass is 443 g/mol. The Hall–Kier alpha value is -3.10. The third-order valence-electron chi connectivity index (χ3n) is 4.16. The predicted molar refractivity (Wildman–Crippen MR) is 151 cm³/mol. The van der Waals surface area contributed by atoms with Gasteiger partial charge in [-0.3, -0.25) is 4.99 Å². The lowest BCUT2D eigenvalue weighted by molar-refractivity contribution is 0.893. The average Bonchev–Trinajstić information content (AvgIpc) is 2.74. The van der Waals surface area contributed by atoms with Crippen molar-refractivity contribution in [3.8, 4) is 0 Å². The van der Waals surface area contributed by atoms with Gasteiger partial charge in [0.15, 0.2) is 0 Å². The van der Waals surface area contributed by atoms with Gasteiger partial charge in [-0.25, -0.2) is 0 Å². The minimum atomic E-state index is 0.238. The molecule has 1 atom stereocenters. The Balaban J connectivity index is 6.43. The molecule has 0 radical (unpaired) electrons. The molecule has 0 fully saturated rings. The first-order valence-corrected chi connectivity index (χ1v) is 11.3. The molecule has 0 N–H and O–H groups in total. The zero-order valence-electron chi connectivity index (χ0n) is 20.1. The molecule has 0 aliphatic carbocycles. The van der Waals surface area contributed by atoms with Gasteiger partial charge in [0, 0.05) is 21.6 Å². The molecule has 2 heteroatoms. The molecule has 0 aromatic rings. The lowest BCUT2D eigenvalue weighted by Crippen LogP contribution is -2.03. The van der Waals surface area contributed by atoms with Gasteiger partial charge in [-0.2, -0.15) is 0 Å². The van der Waals surface area contributed by atoms with Crippen LogP contribution in [0, 0.1) is 5.92 Å². The second kappa shape index (κ2) is 16.6. The second-order valence-corrected chi connectivity index (χ2v) is 8.18. The van der Waals surface area contributed by atoms with Crippen molar-refractivity contribution in [1.29, 1.82) is 0 Å². The van der Waals surface area contributed by atoms with Crippen molar-refractivity contribution in [2.45, 2.75) is 27.7 Å². The molecule has 0 aliphatic rings. The van der Waals surface area contributed by atoms with E-state index in [1.54, 1.807) is 12.3 Å². The number of thioether (sulfide) groups is 1. The van der Waals surface area contributed by atoms with E-state index in [2.05, 4.69) is 52.5 Å². The zero-order valence-corrected chi connectivity index (χ0v) is 20.9. The van der Waals surface area contributed by atoms with E-state index >= 15 is 0 Å². The van der Waals surface area contributed by atoms with Gasteiger partial charge in [-0.05, 0) is 55.6 Å². The van der Waals surface area contributed by atoms with Crippen LogP contribution < -0.4 is 0 Å². The molecule has 0 amide bonds. The summed E-state index contributed by atoms with van der Waals surface area (Å²) in [5, 5.41) is 0. The predicted octanol–water partition coefficient (Wildman–Crippen LogP) is 9.40. The summed E-state index contributed by atoms with van der Waals surface area (Å²) in [5.41, 5.74) is 4.29. The topological polar surface area (TPSA) is 12.4 Å². The molecule has 1 unspecified atom stereocenters. The van der Waals surface area contributed by atoms with Crippen LogP contribution in [0.3, 0.4) is 0 Å². The number of hydrogen-bond acceptors (Lipinski definition) is 2. The fourth-order valence-corrected chi connectivity index (χ4v) is 3.12. The van der Waals surface area contributed by atoms with Crippen molar-refractivity contribution in [3.63, 3.8) is 0 Å². The Kier molecular flexibility index (Phi) is 15.0. The summed E-state index contributed by atoms with van der Waals surface area (Å²) >= 11 is 1.43. The zero-order chi connectivity index (χ0) is 24.5. The molecule has 0 heterocycles. The van der Waals surface area contributed by atoms with Crippen molar-refractivity contribution in [1.82, 2.24) is 0 Å². The molecule has 0 aromatic carbocycles. The first-order chi connectivity index (χ1) is 15.2. The van der Waals surface area contributed by atoms with Gasteiger partial charge < -0.3 is 0 Å². The van der Waals surface area contributed by atoms with Gasteiger partial charge in [0.25, 0.3) is 0 Å². The van der Waals surface area contributed by atoms with Gasteiger partial charge in [0.05, 0.1) is 5.71 Å².